The molecular formula is C28H40ClN3. The summed E-state index contributed by atoms with van der Waals surface area (Å²) >= 11 is 6.49. The lowest BCUT2D eigenvalue weighted by atomic mass is 9.94. The summed E-state index contributed by atoms with van der Waals surface area (Å²) in [5.41, 5.74) is 5.90. The summed E-state index contributed by atoms with van der Waals surface area (Å²) in [6.45, 7) is 16.1. The minimum Gasteiger partial charge on any atom is -0.370 e. The monoisotopic (exact) mass is 453 g/mol. The molecule has 2 aromatic rings. The number of hydrogen-bond donors (Lipinski definition) is 0. The molecule has 1 saturated heterocycles. The van der Waals surface area contributed by atoms with Gasteiger partial charge in [0.05, 0.1) is 10.5 Å². The van der Waals surface area contributed by atoms with Crippen LogP contribution in [0.5, 0.6) is 0 Å². The molecule has 1 atom stereocenters. The minimum atomic E-state index is 0.688. The highest BCUT2D eigenvalue weighted by molar-refractivity contribution is 6.36. The van der Waals surface area contributed by atoms with E-state index in [1.807, 2.05) is 12.1 Å². The molecule has 0 spiro atoms. The highest BCUT2D eigenvalue weighted by Gasteiger charge is 2.24. The largest absolute Gasteiger partial charge is 0.370 e. The Morgan fingerprint density at radius 3 is 2.72 bits per heavy atom. The van der Waals surface area contributed by atoms with Crippen molar-refractivity contribution in [2.45, 2.75) is 71.3 Å². The van der Waals surface area contributed by atoms with Crippen molar-refractivity contribution in [2.75, 3.05) is 26.7 Å². The molecule has 2 heterocycles. The molecule has 174 valence electrons. The SMILES string of the molecule is C=C(CCCC)N1CCN(C)CC1CC.C=Cc1ccc2c(Cl)c3c(nc2c1)CCCC3. The van der Waals surface area contributed by atoms with Gasteiger partial charge in [-0.15, -0.1) is 0 Å². The Bertz CT molecular complexity index is 936. The summed E-state index contributed by atoms with van der Waals surface area (Å²) in [6.07, 6.45) is 11.4. The van der Waals surface area contributed by atoms with Crippen molar-refractivity contribution >= 4 is 28.6 Å². The van der Waals surface area contributed by atoms with Crippen molar-refractivity contribution in [3.63, 3.8) is 0 Å². The molecule has 1 aromatic heterocycles. The molecule has 0 bridgehead atoms. The number of benzene rings is 1. The van der Waals surface area contributed by atoms with Crippen molar-refractivity contribution in [1.29, 1.82) is 0 Å². The Kier molecular flexibility index (Phi) is 9.19. The molecule has 0 N–H and O–H groups in total. The molecule has 1 aliphatic heterocycles. The number of pyridine rings is 1. The quantitative estimate of drug-likeness (QED) is 0.463. The summed E-state index contributed by atoms with van der Waals surface area (Å²) in [7, 11) is 2.22. The lowest BCUT2D eigenvalue weighted by Gasteiger charge is -2.42. The Labute approximate surface area is 200 Å². The van der Waals surface area contributed by atoms with E-state index in [1.54, 1.807) is 0 Å². The van der Waals surface area contributed by atoms with Gasteiger partial charge in [0.15, 0.2) is 0 Å². The number of aryl methyl sites for hydroxylation is 1. The number of hydrogen-bond acceptors (Lipinski definition) is 3. The van der Waals surface area contributed by atoms with Crippen LogP contribution in [0.15, 0.2) is 37.1 Å². The Morgan fingerprint density at radius 2 is 2.00 bits per heavy atom. The van der Waals surface area contributed by atoms with E-state index in [0.29, 0.717) is 6.04 Å². The number of unbranched alkanes of at least 4 members (excludes halogenated alkanes) is 1. The van der Waals surface area contributed by atoms with E-state index < -0.39 is 0 Å². The predicted molar refractivity (Wildman–Crippen MR) is 140 cm³/mol. The van der Waals surface area contributed by atoms with Crippen molar-refractivity contribution in [1.82, 2.24) is 14.8 Å². The summed E-state index contributed by atoms with van der Waals surface area (Å²) in [6, 6.07) is 6.84. The van der Waals surface area contributed by atoms with Gasteiger partial charge in [0, 0.05) is 42.5 Å². The number of likely N-dealkylation sites (N-methyl/N-ethyl adjacent to an activating group) is 1. The summed E-state index contributed by atoms with van der Waals surface area (Å²) in [5.74, 6) is 0. The lowest BCUT2D eigenvalue weighted by Crippen LogP contribution is -2.50. The number of nitrogens with zero attached hydrogens (tertiary/aromatic N) is 3. The van der Waals surface area contributed by atoms with E-state index in [-0.39, 0.29) is 0 Å². The number of halogens is 1. The van der Waals surface area contributed by atoms with Crippen LogP contribution < -0.4 is 0 Å². The van der Waals surface area contributed by atoms with Gasteiger partial charge in [-0.3, -0.25) is 4.98 Å². The molecule has 1 fully saturated rings. The predicted octanol–water partition coefficient (Wildman–Crippen LogP) is 7.13. The van der Waals surface area contributed by atoms with Crippen LogP contribution >= 0.6 is 11.6 Å². The van der Waals surface area contributed by atoms with E-state index in [1.165, 1.54) is 68.6 Å². The number of fused-ring (bicyclic) bond motifs is 2. The van der Waals surface area contributed by atoms with Crippen molar-refractivity contribution in [3.05, 3.63) is 58.9 Å². The van der Waals surface area contributed by atoms with Crippen LogP contribution in [0.4, 0.5) is 0 Å². The maximum atomic E-state index is 6.49. The van der Waals surface area contributed by atoms with Gasteiger partial charge in [0.1, 0.15) is 0 Å². The molecule has 2 aliphatic rings. The average molecular weight is 454 g/mol. The smallest absolute Gasteiger partial charge is 0.0726 e. The van der Waals surface area contributed by atoms with Gasteiger partial charge in [-0.1, -0.05) is 63.2 Å². The highest BCUT2D eigenvalue weighted by Crippen LogP contribution is 2.33. The van der Waals surface area contributed by atoms with Crippen LogP contribution in [0.3, 0.4) is 0 Å². The first-order valence-electron chi connectivity index (χ1n) is 12.3. The molecule has 4 heteroatoms. The van der Waals surface area contributed by atoms with Gasteiger partial charge in [-0.25, -0.2) is 0 Å². The van der Waals surface area contributed by atoms with Crippen LogP contribution in [0.1, 0.15) is 69.2 Å². The van der Waals surface area contributed by atoms with E-state index in [9.17, 15) is 0 Å². The molecule has 0 amide bonds. The van der Waals surface area contributed by atoms with Crippen molar-refractivity contribution < 1.29 is 0 Å². The maximum Gasteiger partial charge on any atom is 0.0726 e. The van der Waals surface area contributed by atoms with Crippen LogP contribution in [0.25, 0.3) is 17.0 Å². The van der Waals surface area contributed by atoms with Gasteiger partial charge in [-0.05, 0) is 69.2 Å². The van der Waals surface area contributed by atoms with Gasteiger partial charge >= 0.3 is 0 Å². The zero-order valence-corrected chi connectivity index (χ0v) is 21.1. The normalized spacial score (nSPS) is 18.6. The van der Waals surface area contributed by atoms with Gasteiger partial charge in [-0.2, -0.15) is 0 Å². The first-order chi connectivity index (χ1) is 15.5. The summed E-state index contributed by atoms with van der Waals surface area (Å²) in [4.78, 5) is 9.72. The van der Waals surface area contributed by atoms with E-state index in [4.69, 9.17) is 16.6 Å². The minimum absolute atomic E-state index is 0.688. The fourth-order valence-corrected chi connectivity index (χ4v) is 5.18. The Morgan fingerprint density at radius 1 is 1.22 bits per heavy atom. The van der Waals surface area contributed by atoms with Crippen LogP contribution in [-0.4, -0.2) is 47.5 Å². The van der Waals surface area contributed by atoms with E-state index in [0.717, 1.165) is 40.9 Å². The zero-order chi connectivity index (χ0) is 23.1. The van der Waals surface area contributed by atoms with Crippen molar-refractivity contribution in [3.8, 4) is 0 Å². The van der Waals surface area contributed by atoms with Crippen LogP contribution in [-0.2, 0) is 12.8 Å². The van der Waals surface area contributed by atoms with Gasteiger partial charge in [0.25, 0.3) is 0 Å². The molecule has 0 saturated carbocycles. The number of piperazine rings is 1. The third-order valence-corrected chi connectivity index (χ3v) is 7.27. The summed E-state index contributed by atoms with van der Waals surface area (Å²) in [5, 5.41) is 1.97. The molecule has 1 aliphatic carbocycles. The fourth-order valence-electron chi connectivity index (χ4n) is 4.81. The third kappa shape index (κ3) is 5.94. The standard InChI is InChI=1S/C15H14ClN.C13H26N2/c1-2-10-7-8-12-14(9-10)17-13-6-4-3-5-11(13)15(12)16;1-5-7-8-12(3)15-10-9-14(4)11-13(15)6-2/h2,7-9H,1,3-6H2;13H,3,5-11H2,1-2,4H3. The topological polar surface area (TPSA) is 19.4 Å². The molecule has 0 radical (unpaired) electrons. The number of aromatic nitrogens is 1. The molecule has 1 unspecified atom stereocenters. The average Bonchev–Trinajstić information content (AvgIpc) is 2.82. The fraction of sp³-hybridized carbons (Fsp3) is 0.536. The highest BCUT2D eigenvalue weighted by atomic mass is 35.5. The molecular weight excluding hydrogens is 414 g/mol. The maximum absolute atomic E-state index is 6.49. The third-order valence-electron chi connectivity index (χ3n) is 6.84. The van der Waals surface area contributed by atoms with E-state index >= 15 is 0 Å². The summed E-state index contributed by atoms with van der Waals surface area (Å²) < 4.78 is 0. The molecule has 32 heavy (non-hydrogen) atoms. The first-order valence-corrected chi connectivity index (χ1v) is 12.7. The number of allylic oxidation sites excluding steroid dienone is 1. The Hall–Kier alpha value is -1.84. The van der Waals surface area contributed by atoms with Gasteiger partial charge < -0.3 is 9.80 Å². The first kappa shape index (κ1) is 24.8. The van der Waals surface area contributed by atoms with Crippen molar-refractivity contribution in [2.24, 2.45) is 0 Å². The Balaban J connectivity index is 0.000000183. The lowest BCUT2D eigenvalue weighted by molar-refractivity contribution is 0.115. The van der Waals surface area contributed by atoms with Crippen LogP contribution in [0.2, 0.25) is 5.02 Å². The number of rotatable bonds is 6. The van der Waals surface area contributed by atoms with E-state index in [2.05, 4.69) is 56.0 Å². The second-order valence-electron chi connectivity index (χ2n) is 9.23. The van der Waals surface area contributed by atoms with Crippen LogP contribution in [0, 0.1) is 0 Å². The second-order valence-corrected chi connectivity index (χ2v) is 9.60. The molecule has 4 rings (SSSR count). The zero-order valence-electron chi connectivity index (χ0n) is 20.3. The second kappa shape index (κ2) is 11.9. The molecule has 3 nitrogen and oxygen atoms in total. The molecule has 1 aromatic carbocycles. The van der Waals surface area contributed by atoms with Gasteiger partial charge in [0.2, 0.25) is 0 Å².